The zero-order valence-electron chi connectivity index (χ0n) is 26.0. The first-order valence-electron chi connectivity index (χ1n) is 17.0. The van der Waals surface area contributed by atoms with Crippen LogP contribution in [0.2, 0.25) is 0 Å². The van der Waals surface area contributed by atoms with Crippen molar-refractivity contribution < 1.29 is 32.2 Å². The molecule has 6 atom stereocenters. The van der Waals surface area contributed by atoms with Crippen molar-refractivity contribution in [3.63, 3.8) is 0 Å². The number of aliphatic hydroxyl groups excluding tert-OH is 1. The number of phenols is 1. The third-order valence-electron chi connectivity index (χ3n) is 11.1. The standard InChI is InChI=1S/C35H53F5O2S/c1-33-20-18-29-28-15-14-27(41)24-26(28)23-25(32(29)30(33)16-17-31(33)42)13-10-8-6-4-2-3-5-7-9-11-21-43-22-12-19-34(36,37)35(38,39)40/h14-15,24-25,29-32,41-42H,2-13,16-23H2,1H3/t25?,29?,30?,31-,32?,33-/m0/s1. The van der Waals surface area contributed by atoms with Gasteiger partial charge in [-0.1, -0.05) is 70.8 Å². The number of thioether (sulfide) groups is 1. The van der Waals surface area contributed by atoms with Crippen LogP contribution in [0.1, 0.15) is 133 Å². The number of unbranched alkanes of at least 4 members (excludes halogenated alkanes) is 9. The molecule has 2 fully saturated rings. The first-order valence-corrected chi connectivity index (χ1v) is 18.1. The minimum absolute atomic E-state index is 0.0622. The second-order valence-corrected chi connectivity index (χ2v) is 15.2. The van der Waals surface area contributed by atoms with E-state index in [-0.39, 0.29) is 17.9 Å². The fourth-order valence-corrected chi connectivity index (χ4v) is 9.66. The zero-order valence-corrected chi connectivity index (χ0v) is 26.8. The first kappa shape index (κ1) is 34.8. The Morgan fingerprint density at radius 3 is 2.14 bits per heavy atom. The maximum absolute atomic E-state index is 12.9. The lowest BCUT2D eigenvalue weighted by atomic mass is 9.52. The number of benzene rings is 1. The van der Waals surface area contributed by atoms with Crippen molar-refractivity contribution in [2.45, 2.75) is 147 Å². The zero-order chi connectivity index (χ0) is 31.1. The fourth-order valence-electron chi connectivity index (χ4n) is 8.70. The first-order chi connectivity index (χ1) is 20.4. The van der Waals surface area contributed by atoms with Crippen LogP contribution in [0.4, 0.5) is 22.0 Å². The van der Waals surface area contributed by atoms with Gasteiger partial charge in [-0.2, -0.15) is 33.7 Å². The number of alkyl halides is 5. The highest BCUT2D eigenvalue weighted by Gasteiger charge is 2.57. The van der Waals surface area contributed by atoms with Crippen LogP contribution in [-0.4, -0.2) is 39.9 Å². The predicted octanol–water partition coefficient (Wildman–Crippen LogP) is 10.8. The molecule has 1 aromatic carbocycles. The molecule has 8 heteroatoms. The average Bonchev–Trinajstić information content (AvgIpc) is 3.25. The number of halogens is 5. The van der Waals surface area contributed by atoms with Gasteiger partial charge in [-0.25, -0.2) is 0 Å². The molecule has 43 heavy (non-hydrogen) atoms. The molecule has 0 bridgehead atoms. The summed E-state index contributed by atoms with van der Waals surface area (Å²) in [6.45, 7) is 2.34. The molecule has 0 amide bonds. The molecule has 2 saturated carbocycles. The van der Waals surface area contributed by atoms with E-state index in [4.69, 9.17) is 0 Å². The van der Waals surface area contributed by atoms with E-state index in [2.05, 4.69) is 13.0 Å². The van der Waals surface area contributed by atoms with Gasteiger partial charge in [0.2, 0.25) is 0 Å². The fraction of sp³-hybridized carbons (Fsp3) is 0.829. The highest BCUT2D eigenvalue weighted by atomic mass is 32.2. The van der Waals surface area contributed by atoms with Gasteiger partial charge in [0, 0.05) is 6.42 Å². The van der Waals surface area contributed by atoms with E-state index >= 15 is 0 Å². The van der Waals surface area contributed by atoms with Gasteiger partial charge in [0.1, 0.15) is 5.75 Å². The summed E-state index contributed by atoms with van der Waals surface area (Å²) in [7, 11) is 0. The van der Waals surface area contributed by atoms with Crippen molar-refractivity contribution in [1.82, 2.24) is 0 Å². The Morgan fingerprint density at radius 2 is 1.47 bits per heavy atom. The molecular formula is C35H53F5O2S. The van der Waals surface area contributed by atoms with E-state index in [1.807, 2.05) is 12.1 Å². The van der Waals surface area contributed by atoms with Gasteiger partial charge in [-0.05, 0) is 115 Å². The molecule has 1 aromatic rings. The van der Waals surface area contributed by atoms with Crippen molar-refractivity contribution in [3.8, 4) is 5.75 Å². The molecule has 2 nitrogen and oxygen atoms in total. The third kappa shape index (κ3) is 8.83. The maximum Gasteiger partial charge on any atom is 0.453 e. The van der Waals surface area contributed by atoms with Crippen LogP contribution in [0, 0.1) is 23.2 Å². The topological polar surface area (TPSA) is 40.5 Å². The molecule has 0 aliphatic heterocycles. The van der Waals surface area contributed by atoms with E-state index in [9.17, 15) is 32.2 Å². The van der Waals surface area contributed by atoms with E-state index in [1.54, 1.807) is 0 Å². The molecule has 3 aliphatic carbocycles. The summed E-state index contributed by atoms with van der Waals surface area (Å²) in [5, 5.41) is 21.0. The van der Waals surface area contributed by atoms with Crippen molar-refractivity contribution in [3.05, 3.63) is 29.3 Å². The molecule has 4 rings (SSSR count). The molecular weight excluding hydrogens is 579 g/mol. The number of aromatic hydroxyl groups is 1. The van der Waals surface area contributed by atoms with Crippen molar-refractivity contribution in [2.75, 3.05) is 11.5 Å². The van der Waals surface area contributed by atoms with E-state index in [0.717, 1.165) is 57.1 Å². The Bertz CT molecular complexity index is 1000. The Hall–Kier alpha value is -1.02. The Labute approximate surface area is 260 Å². The summed E-state index contributed by atoms with van der Waals surface area (Å²) in [5.74, 6) is -0.571. The largest absolute Gasteiger partial charge is 0.508 e. The van der Waals surface area contributed by atoms with Gasteiger partial charge < -0.3 is 10.2 Å². The van der Waals surface area contributed by atoms with Crippen LogP contribution in [0.15, 0.2) is 18.2 Å². The second-order valence-electron chi connectivity index (χ2n) is 14.0. The van der Waals surface area contributed by atoms with Crippen LogP contribution in [0.5, 0.6) is 5.75 Å². The smallest absolute Gasteiger partial charge is 0.453 e. The van der Waals surface area contributed by atoms with Crippen molar-refractivity contribution in [2.24, 2.45) is 23.2 Å². The van der Waals surface area contributed by atoms with Gasteiger partial charge in [0.25, 0.3) is 0 Å². The Kier molecular flexibility index (Phi) is 12.6. The monoisotopic (exact) mass is 632 g/mol. The van der Waals surface area contributed by atoms with Crippen LogP contribution in [-0.2, 0) is 6.42 Å². The van der Waals surface area contributed by atoms with E-state index in [0.29, 0.717) is 35.2 Å². The number of hydrogen-bond donors (Lipinski definition) is 2. The number of aliphatic hydroxyl groups is 1. The van der Waals surface area contributed by atoms with Gasteiger partial charge in [0.15, 0.2) is 0 Å². The Morgan fingerprint density at radius 1 is 0.837 bits per heavy atom. The Balaban J connectivity index is 1.06. The number of phenolic OH excluding ortho intramolecular Hbond substituents is 1. The minimum atomic E-state index is -5.44. The molecule has 0 radical (unpaired) electrons. The molecule has 0 heterocycles. The molecule has 2 N–H and O–H groups in total. The maximum atomic E-state index is 12.9. The summed E-state index contributed by atoms with van der Waals surface area (Å²) in [6, 6.07) is 6.03. The van der Waals surface area contributed by atoms with Crippen LogP contribution < -0.4 is 0 Å². The molecule has 0 aromatic heterocycles. The highest BCUT2D eigenvalue weighted by molar-refractivity contribution is 7.99. The second kappa shape index (κ2) is 15.5. The summed E-state index contributed by atoms with van der Waals surface area (Å²) in [5.41, 5.74) is 2.86. The SMILES string of the molecule is C[C@]12CCC3c4ccc(O)cc4CC(CCCCCCCCCCCCSCCCC(F)(F)C(F)(F)F)C3C1CC[C@@H]2O. The summed E-state index contributed by atoms with van der Waals surface area (Å²) >= 11 is 1.48. The lowest BCUT2D eigenvalue weighted by Gasteiger charge is -2.53. The third-order valence-corrected chi connectivity index (χ3v) is 12.3. The van der Waals surface area contributed by atoms with Gasteiger partial charge in [-0.15, -0.1) is 0 Å². The van der Waals surface area contributed by atoms with Crippen LogP contribution in [0.3, 0.4) is 0 Å². The normalized spacial score (nSPS) is 28.9. The quantitative estimate of drug-likeness (QED) is 0.133. The average molecular weight is 633 g/mol. The highest BCUT2D eigenvalue weighted by Crippen LogP contribution is 2.62. The van der Waals surface area contributed by atoms with Crippen LogP contribution >= 0.6 is 11.8 Å². The lowest BCUT2D eigenvalue weighted by molar-refractivity contribution is -0.284. The molecule has 0 saturated heterocycles. The summed E-state index contributed by atoms with van der Waals surface area (Å²) in [6.07, 6.45) is 11.8. The number of hydrogen-bond acceptors (Lipinski definition) is 3. The molecule has 3 aliphatic rings. The predicted molar refractivity (Wildman–Crippen MR) is 166 cm³/mol. The van der Waals surface area contributed by atoms with Crippen molar-refractivity contribution in [1.29, 1.82) is 0 Å². The van der Waals surface area contributed by atoms with Gasteiger partial charge >= 0.3 is 12.1 Å². The van der Waals surface area contributed by atoms with E-state index in [1.165, 1.54) is 74.3 Å². The van der Waals surface area contributed by atoms with Crippen molar-refractivity contribution >= 4 is 11.8 Å². The molecule has 246 valence electrons. The molecule has 4 unspecified atom stereocenters. The number of rotatable bonds is 17. The van der Waals surface area contributed by atoms with E-state index < -0.39 is 18.5 Å². The molecule has 0 spiro atoms. The summed E-state index contributed by atoms with van der Waals surface area (Å²) < 4.78 is 62.3. The summed E-state index contributed by atoms with van der Waals surface area (Å²) in [4.78, 5) is 0. The minimum Gasteiger partial charge on any atom is -0.508 e. The number of fused-ring (bicyclic) bond motifs is 5. The van der Waals surface area contributed by atoms with Gasteiger partial charge in [0.05, 0.1) is 6.10 Å². The lowest BCUT2D eigenvalue weighted by Crippen LogP contribution is -2.47. The van der Waals surface area contributed by atoms with Gasteiger partial charge in [-0.3, -0.25) is 0 Å². The van der Waals surface area contributed by atoms with Crippen LogP contribution in [0.25, 0.3) is 0 Å².